The van der Waals surface area contributed by atoms with Crippen LogP contribution in [0.3, 0.4) is 0 Å². The average Bonchev–Trinajstić information content (AvgIpc) is 2.94. The van der Waals surface area contributed by atoms with Gasteiger partial charge in [0.2, 0.25) is 10.0 Å². The number of hydrogen-bond acceptors (Lipinski definition) is 4. The van der Waals surface area contributed by atoms with Crippen molar-refractivity contribution in [3.8, 4) is 0 Å². The Balaban J connectivity index is 2.13. The average molecular weight is 334 g/mol. The van der Waals surface area contributed by atoms with Gasteiger partial charge < -0.3 is 5.11 Å². The molecule has 0 radical (unpaired) electrons. The van der Waals surface area contributed by atoms with E-state index in [2.05, 4.69) is 9.82 Å². The van der Waals surface area contributed by atoms with E-state index in [1.54, 1.807) is 23.1 Å². The van der Waals surface area contributed by atoms with Crippen LogP contribution in [0.4, 0.5) is 4.39 Å². The van der Waals surface area contributed by atoms with Crippen molar-refractivity contribution in [2.75, 3.05) is 6.54 Å². The molecule has 0 atom stereocenters. The van der Waals surface area contributed by atoms with E-state index in [9.17, 15) is 12.8 Å². The summed E-state index contributed by atoms with van der Waals surface area (Å²) in [6.45, 7) is -0.107. The van der Waals surface area contributed by atoms with Gasteiger partial charge in [-0.25, -0.2) is 17.5 Å². The molecule has 0 fully saturated rings. The summed E-state index contributed by atoms with van der Waals surface area (Å²) in [7, 11) is -3.89. The van der Waals surface area contributed by atoms with Crippen LogP contribution in [0.1, 0.15) is 5.56 Å². The van der Waals surface area contributed by atoms with E-state index >= 15 is 0 Å². The Morgan fingerprint density at radius 1 is 1.43 bits per heavy atom. The van der Waals surface area contributed by atoms with Crippen LogP contribution in [0.2, 0.25) is 5.02 Å². The van der Waals surface area contributed by atoms with Gasteiger partial charge in [0.15, 0.2) is 0 Å². The lowest BCUT2D eigenvalue weighted by Crippen LogP contribution is -2.27. The maximum atomic E-state index is 13.6. The second-order valence-corrected chi connectivity index (χ2v) is 6.35. The molecule has 0 amide bonds. The number of aliphatic hydroxyl groups excluding tert-OH is 1. The summed E-state index contributed by atoms with van der Waals surface area (Å²) in [5.41, 5.74) is 0.0177. The lowest BCUT2D eigenvalue weighted by atomic mass is 10.2. The first-order chi connectivity index (χ1) is 9.94. The number of benzene rings is 1. The van der Waals surface area contributed by atoms with E-state index in [1.807, 2.05) is 0 Å². The molecule has 2 N–H and O–H groups in total. The summed E-state index contributed by atoms with van der Waals surface area (Å²) >= 11 is 5.63. The summed E-state index contributed by atoms with van der Waals surface area (Å²) in [5.74, 6) is -0.893. The molecule has 6 nitrogen and oxygen atoms in total. The molecular formula is C12H13ClFN3O3S. The number of hydrogen-bond donors (Lipinski definition) is 2. The minimum absolute atomic E-state index is 0.0177. The molecule has 1 heterocycles. The molecule has 0 aliphatic rings. The third-order valence-electron chi connectivity index (χ3n) is 2.75. The second-order valence-electron chi connectivity index (χ2n) is 4.20. The van der Waals surface area contributed by atoms with Gasteiger partial charge in [-0.05, 0) is 18.2 Å². The second kappa shape index (κ2) is 6.52. The molecular weight excluding hydrogens is 321 g/mol. The maximum Gasteiger partial charge on any atom is 0.240 e. The van der Waals surface area contributed by atoms with Crippen molar-refractivity contribution in [3.63, 3.8) is 0 Å². The predicted molar refractivity (Wildman–Crippen MR) is 74.7 cm³/mol. The monoisotopic (exact) mass is 333 g/mol. The molecule has 0 aliphatic heterocycles. The van der Waals surface area contributed by atoms with Crippen LogP contribution in [0.25, 0.3) is 0 Å². The van der Waals surface area contributed by atoms with E-state index in [-0.39, 0.29) is 22.0 Å². The summed E-state index contributed by atoms with van der Waals surface area (Å²) in [4.78, 5) is -0.283. The number of nitrogens with zero attached hydrogens (tertiary/aromatic N) is 2. The Morgan fingerprint density at radius 2 is 2.19 bits per heavy atom. The minimum Gasteiger partial charge on any atom is -0.392 e. The zero-order valence-corrected chi connectivity index (χ0v) is 12.4. The number of nitrogens with one attached hydrogen (secondary N) is 1. The molecule has 2 rings (SSSR count). The van der Waals surface area contributed by atoms with Gasteiger partial charge in [0.05, 0.1) is 23.1 Å². The van der Waals surface area contributed by atoms with Crippen LogP contribution < -0.4 is 4.72 Å². The molecule has 0 spiro atoms. The zero-order valence-electron chi connectivity index (χ0n) is 10.8. The highest BCUT2D eigenvalue weighted by Gasteiger charge is 2.18. The molecule has 21 heavy (non-hydrogen) atoms. The van der Waals surface area contributed by atoms with E-state index in [1.165, 1.54) is 0 Å². The molecule has 0 saturated heterocycles. The number of aliphatic hydroxyl groups is 1. The fourth-order valence-electron chi connectivity index (χ4n) is 1.70. The molecule has 0 unspecified atom stereocenters. The van der Waals surface area contributed by atoms with E-state index < -0.39 is 22.4 Å². The third kappa shape index (κ3) is 3.79. The fourth-order valence-corrected chi connectivity index (χ4v) is 2.95. The summed E-state index contributed by atoms with van der Waals surface area (Å²) < 4.78 is 41.6. The fraction of sp³-hybridized carbons (Fsp3) is 0.250. The largest absolute Gasteiger partial charge is 0.392 e. The van der Waals surface area contributed by atoms with Crippen LogP contribution in [0, 0.1) is 5.82 Å². The van der Waals surface area contributed by atoms with Crippen molar-refractivity contribution in [1.82, 2.24) is 14.5 Å². The van der Waals surface area contributed by atoms with Crippen LogP contribution in [0.15, 0.2) is 35.5 Å². The highest BCUT2D eigenvalue weighted by molar-refractivity contribution is 7.89. The summed E-state index contributed by atoms with van der Waals surface area (Å²) in [6, 6.07) is 3.68. The van der Waals surface area contributed by atoms with Crippen molar-refractivity contribution in [3.05, 3.63) is 47.0 Å². The highest BCUT2D eigenvalue weighted by atomic mass is 35.5. The number of halogens is 2. The van der Waals surface area contributed by atoms with Crippen molar-refractivity contribution >= 4 is 21.6 Å². The van der Waals surface area contributed by atoms with Crippen molar-refractivity contribution < 1.29 is 17.9 Å². The van der Waals surface area contributed by atoms with Crippen LogP contribution in [-0.4, -0.2) is 29.8 Å². The molecule has 0 bridgehead atoms. The van der Waals surface area contributed by atoms with Crippen molar-refractivity contribution in [2.45, 2.75) is 18.0 Å². The molecule has 114 valence electrons. The first kappa shape index (κ1) is 15.9. The molecule has 1 aromatic carbocycles. The first-order valence-corrected chi connectivity index (χ1v) is 7.86. The quantitative estimate of drug-likeness (QED) is 0.830. The topological polar surface area (TPSA) is 84.2 Å². The van der Waals surface area contributed by atoms with E-state index in [0.717, 1.165) is 12.1 Å². The van der Waals surface area contributed by atoms with Gasteiger partial charge in [-0.15, -0.1) is 0 Å². The number of rotatable bonds is 6. The predicted octanol–water partition coefficient (Wildman–Crippen LogP) is 1.15. The molecule has 0 saturated carbocycles. The standard InChI is InChI=1S/C12H13ClFN3O3S/c13-12-9(8-18)6-10(7-11(12)14)21(19,20)16-3-5-17-4-1-2-15-17/h1-2,4,6-7,16,18H,3,5,8H2. The zero-order chi connectivity index (χ0) is 15.5. The smallest absolute Gasteiger partial charge is 0.240 e. The van der Waals surface area contributed by atoms with Crippen molar-refractivity contribution in [1.29, 1.82) is 0 Å². The molecule has 9 heteroatoms. The SMILES string of the molecule is O=S(=O)(NCCn1cccn1)c1cc(F)c(Cl)c(CO)c1. The number of sulfonamides is 1. The maximum absolute atomic E-state index is 13.6. The van der Waals surface area contributed by atoms with Gasteiger partial charge in [0.1, 0.15) is 5.82 Å². The normalized spacial score (nSPS) is 11.8. The molecule has 2 aromatic rings. The van der Waals surface area contributed by atoms with Crippen LogP contribution in [-0.2, 0) is 23.2 Å². The lowest BCUT2D eigenvalue weighted by molar-refractivity contribution is 0.281. The van der Waals surface area contributed by atoms with Gasteiger partial charge in [-0.2, -0.15) is 5.10 Å². The molecule has 0 aliphatic carbocycles. The minimum atomic E-state index is -3.89. The third-order valence-corrected chi connectivity index (χ3v) is 4.61. The Bertz CT molecular complexity index is 720. The van der Waals surface area contributed by atoms with Gasteiger partial charge in [0.25, 0.3) is 0 Å². The van der Waals surface area contributed by atoms with E-state index in [4.69, 9.17) is 16.7 Å². The van der Waals surface area contributed by atoms with Crippen molar-refractivity contribution in [2.24, 2.45) is 0 Å². The highest BCUT2D eigenvalue weighted by Crippen LogP contribution is 2.24. The van der Waals surface area contributed by atoms with Gasteiger partial charge in [0, 0.05) is 24.5 Å². The first-order valence-electron chi connectivity index (χ1n) is 6.00. The van der Waals surface area contributed by atoms with Crippen LogP contribution in [0.5, 0.6) is 0 Å². The Labute approximate surface area is 126 Å². The van der Waals surface area contributed by atoms with E-state index in [0.29, 0.717) is 6.54 Å². The Kier molecular flexibility index (Phi) is 4.94. The molecule has 1 aromatic heterocycles. The van der Waals surface area contributed by atoms with Crippen LogP contribution >= 0.6 is 11.6 Å². The van der Waals surface area contributed by atoms with Gasteiger partial charge in [-0.1, -0.05) is 11.6 Å². The summed E-state index contributed by atoms with van der Waals surface area (Å²) in [6.07, 6.45) is 3.27. The van der Waals surface area contributed by atoms with Gasteiger partial charge in [-0.3, -0.25) is 4.68 Å². The Hall–Kier alpha value is -1.48. The lowest BCUT2D eigenvalue weighted by Gasteiger charge is -2.09. The van der Waals surface area contributed by atoms with Gasteiger partial charge >= 0.3 is 0 Å². The Morgan fingerprint density at radius 3 is 2.81 bits per heavy atom. The number of aromatic nitrogens is 2. The summed E-state index contributed by atoms with van der Waals surface area (Å²) in [5, 5.41) is 12.7.